The second-order valence-electron chi connectivity index (χ2n) is 7.41. The molecule has 2 rings (SSSR count). The highest BCUT2D eigenvalue weighted by molar-refractivity contribution is 5.68. The number of halogens is 5. The van der Waals surface area contributed by atoms with Gasteiger partial charge in [-0.25, -0.2) is 26.7 Å². The van der Waals surface area contributed by atoms with Gasteiger partial charge < -0.3 is 9.64 Å². The molecule has 1 aliphatic heterocycles. The van der Waals surface area contributed by atoms with Crippen LogP contribution >= 0.6 is 0 Å². The second kappa shape index (κ2) is 7.47. The minimum Gasteiger partial charge on any atom is -0.444 e. The highest BCUT2D eigenvalue weighted by Gasteiger charge is 2.47. The Hall–Kier alpha value is -2.13. The molecule has 2 heterocycles. The molecule has 1 saturated heterocycles. The van der Waals surface area contributed by atoms with Gasteiger partial charge in [-0.3, -0.25) is 9.36 Å². The third-order valence-electron chi connectivity index (χ3n) is 4.12. The molecule has 152 valence electrons. The predicted octanol–water partition coefficient (Wildman–Crippen LogP) is 3.94. The van der Waals surface area contributed by atoms with Crippen LogP contribution in [0.2, 0.25) is 0 Å². The summed E-state index contributed by atoms with van der Waals surface area (Å²) in [6, 6.07) is 1.79. The third-order valence-corrected chi connectivity index (χ3v) is 4.12. The topological polar surface area (TPSA) is 51.5 Å². The molecule has 2 atom stereocenters. The van der Waals surface area contributed by atoms with E-state index in [0.717, 1.165) is 17.0 Å². The maximum atomic E-state index is 14.4. The zero-order chi connectivity index (χ0) is 20.6. The summed E-state index contributed by atoms with van der Waals surface area (Å²) in [5.41, 5.74) is -2.11. The first-order valence-corrected chi connectivity index (χ1v) is 8.32. The lowest BCUT2D eigenvalue weighted by atomic mass is 9.88. The quantitative estimate of drug-likeness (QED) is 0.728. The van der Waals surface area contributed by atoms with Gasteiger partial charge in [0.1, 0.15) is 5.60 Å². The Labute approximate surface area is 152 Å². The number of piperidine rings is 1. The molecule has 0 spiro atoms. The summed E-state index contributed by atoms with van der Waals surface area (Å²) in [6.07, 6.45) is -7.23. The fourth-order valence-electron chi connectivity index (χ4n) is 2.79. The Morgan fingerprint density at radius 3 is 2.44 bits per heavy atom. The van der Waals surface area contributed by atoms with Crippen molar-refractivity contribution < 1.29 is 31.5 Å². The number of alkyl halides is 5. The van der Waals surface area contributed by atoms with Gasteiger partial charge in [-0.1, -0.05) is 6.07 Å². The van der Waals surface area contributed by atoms with Gasteiger partial charge in [0.15, 0.2) is 0 Å². The van der Waals surface area contributed by atoms with Crippen LogP contribution in [0.15, 0.2) is 23.1 Å². The molecule has 1 amide bonds. The molecule has 10 heteroatoms. The van der Waals surface area contributed by atoms with Crippen molar-refractivity contribution in [1.29, 1.82) is 0 Å². The normalized spacial score (nSPS) is 21.2. The lowest BCUT2D eigenvalue weighted by molar-refractivity contribution is -0.0774. The van der Waals surface area contributed by atoms with Crippen LogP contribution in [0.5, 0.6) is 0 Å². The van der Waals surface area contributed by atoms with Gasteiger partial charge in [0.25, 0.3) is 17.9 Å². The number of amides is 1. The Kier molecular flexibility index (Phi) is 5.86. The molecule has 2 unspecified atom stereocenters. The first-order valence-electron chi connectivity index (χ1n) is 8.32. The van der Waals surface area contributed by atoms with E-state index in [0.29, 0.717) is 6.20 Å². The van der Waals surface area contributed by atoms with E-state index in [1.807, 2.05) is 0 Å². The van der Waals surface area contributed by atoms with Crippen LogP contribution in [0.1, 0.15) is 45.0 Å². The van der Waals surface area contributed by atoms with Gasteiger partial charge in [-0.05, 0) is 26.3 Å². The van der Waals surface area contributed by atoms with Gasteiger partial charge in [0, 0.05) is 31.8 Å². The summed E-state index contributed by atoms with van der Waals surface area (Å²) >= 11 is 0. The average molecular weight is 396 g/mol. The SMILES string of the molecule is CC(C)(C)OC(=O)N1CCC(F)(F)C(c2ccc(=O)n(C(F)C(F)F)c2)C1. The van der Waals surface area contributed by atoms with Crippen LogP contribution in [0, 0.1) is 0 Å². The molecule has 0 aliphatic carbocycles. The standard InChI is InChI=1S/C17H21F5N2O3/c1-16(2,3)27-15(26)23-7-6-17(21,22)11(9-23)10-4-5-12(25)24(8-10)14(20)13(18)19/h4-5,8,11,13-14H,6-7,9H2,1-3H3. The lowest BCUT2D eigenvalue weighted by Crippen LogP contribution is -2.49. The van der Waals surface area contributed by atoms with E-state index in [2.05, 4.69) is 0 Å². The first kappa shape index (κ1) is 21.2. The van der Waals surface area contributed by atoms with Crippen LogP contribution in [0.3, 0.4) is 0 Å². The van der Waals surface area contributed by atoms with Crippen LogP contribution in [-0.2, 0) is 4.74 Å². The highest BCUT2D eigenvalue weighted by Crippen LogP contribution is 2.40. The third kappa shape index (κ3) is 4.98. The van der Waals surface area contributed by atoms with Crippen LogP contribution < -0.4 is 5.56 Å². The van der Waals surface area contributed by atoms with Crippen molar-refractivity contribution in [3.8, 4) is 0 Å². The molecule has 0 saturated carbocycles. The Morgan fingerprint density at radius 1 is 1.26 bits per heavy atom. The molecule has 27 heavy (non-hydrogen) atoms. The molecule has 0 aromatic carbocycles. The Morgan fingerprint density at radius 2 is 1.89 bits per heavy atom. The van der Waals surface area contributed by atoms with E-state index in [1.165, 1.54) is 0 Å². The van der Waals surface area contributed by atoms with E-state index in [1.54, 1.807) is 20.8 Å². The molecule has 0 bridgehead atoms. The number of rotatable bonds is 3. The number of carbonyl (C=O) groups excluding carboxylic acids is 1. The zero-order valence-electron chi connectivity index (χ0n) is 15.1. The summed E-state index contributed by atoms with van der Waals surface area (Å²) < 4.78 is 72.9. The minimum atomic E-state index is -3.48. The number of likely N-dealkylation sites (tertiary alicyclic amines) is 1. The molecule has 1 aliphatic rings. The molecule has 0 radical (unpaired) electrons. The number of aromatic nitrogens is 1. The number of ether oxygens (including phenoxy) is 1. The summed E-state index contributed by atoms with van der Waals surface area (Å²) in [5, 5.41) is 0. The number of nitrogens with zero attached hydrogens (tertiary/aromatic N) is 2. The van der Waals surface area contributed by atoms with E-state index in [4.69, 9.17) is 4.74 Å². The predicted molar refractivity (Wildman–Crippen MR) is 87.0 cm³/mol. The summed E-state index contributed by atoms with van der Waals surface area (Å²) in [4.78, 5) is 24.9. The van der Waals surface area contributed by atoms with E-state index < -0.39 is 54.8 Å². The molecule has 1 fully saturated rings. The molecule has 1 aromatic heterocycles. The molecule has 1 aromatic rings. The fraction of sp³-hybridized carbons (Fsp3) is 0.647. The average Bonchev–Trinajstić information content (AvgIpc) is 2.53. The molecular formula is C17H21F5N2O3. The summed E-state index contributed by atoms with van der Waals surface area (Å²) in [5.74, 6) is -4.85. The van der Waals surface area contributed by atoms with Crippen molar-refractivity contribution in [2.45, 2.75) is 57.4 Å². The van der Waals surface area contributed by atoms with Crippen LogP contribution in [0.25, 0.3) is 0 Å². The largest absolute Gasteiger partial charge is 0.444 e. The fourth-order valence-corrected chi connectivity index (χ4v) is 2.79. The monoisotopic (exact) mass is 396 g/mol. The lowest BCUT2D eigenvalue weighted by Gasteiger charge is -2.39. The van der Waals surface area contributed by atoms with Crippen molar-refractivity contribution in [3.63, 3.8) is 0 Å². The first-order chi connectivity index (χ1) is 12.3. The van der Waals surface area contributed by atoms with E-state index in [-0.39, 0.29) is 16.7 Å². The minimum absolute atomic E-state index is 0.0858. The maximum absolute atomic E-state index is 14.4. The Bertz CT molecular complexity index is 745. The number of hydrogen-bond donors (Lipinski definition) is 0. The maximum Gasteiger partial charge on any atom is 0.410 e. The number of hydrogen-bond acceptors (Lipinski definition) is 3. The summed E-state index contributed by atoms with van der Waals surface area (Å²) in [7, 11) is 0. The van der Waals surface area contributed by atoms with Crippen LogP contribution in [0.4, 0.5) is 26.7 Å². The van der Waals surface area contributed by atoms with Crippen LogP contribution in [-0.4, -0.2) is 46.6 Å². The molecular weight excluding hydrogens is 375 g/mol. The summed E-state index contributed by atoms with van der Waals surface area (Å²) in [6.45, 7) is 4.18. The van der Waals surface area contributed by atoms with Crippen molar-refractivity contribution in [2.75, 3.05) is 13.1 Å². The van der Waals surface area contributed by atoms with Crippen molar-refractivity contribution >= 4 is 6.09 Å². The van der Waals surface area contributed by atoms with Gasteiger partial charge in [0.05, 0.1) is 5.92 Å². The molecule has 5 nitrogen and oxygen atoms in total. The van der Waals surface area contributed by atoms with Gasteiger partial charge in [-0.2, -0.15) is 0 Å². The van der Waals surface area contributed by atoms with E-state index >= 15 is 0 Å². The van der Waals surface area contributed by atoms with Gasteiger partial charge in [-0.15, -0.1) is 0 Å². The van der Waals surface area contributed by atoms with E-state index in [9.17, 15) is 31.5 Å². The zero-order valence-corrected chi connectivity index (χ0v) is 15.1. The highest BCUT2D eigenvalue weighted by atomic mass is 19.3. The van der Waals surface area contributed by atoms with Crippen molar-refractivity contribution in [3.05, 3.63) is 34.2 Å². The van der Waals surface area contributed by atoms with Crippen molar-refractivity contribution in [1.82, 2.24) is 9.47 Å². The second-order valence-corrected chi connectivity index (χ2v) is 7.41. The number of pyridine rings is 1. The van der Waals surface area contributed by atoms with Gasteiger partial charge in [0.2, 0.25) is 6.30 Å². The van der Waals surface area contributed by atoms with Crippen molar-refractivity contribution in [2.24, 2.45) is 0 Å². The molecule has 0 N–H and O–H groups in total. The number of carbonyl (C=O) groups is 1. The van der Waals surface area contributed by atoms with Gasteiger partial charge >= 0.3 is 6.09 Å². The Balaban J connectivity index is 2.33. The smallest absolute Gasteiger partial charge is 0.410 e.